The van der Waals surface area contributed by atoms with Crippen LogP contribution in [0.5, 0.6) is 5.75 Å². The maximum absolute atomic E-state index is 12.6. The highest BCUT2D eigenvalue weighted by atomic mass is 16.5. The molecule has 0 N–H and O–H groups in total. The molecule has 4 nitrogen and oxygen atoms in total. The monoisotopic (exact) mass is 285 g/mol. The second kappa shape index (κ2) is 6.45. The summed E-state index contributed by atoms with van der Waals surface area (Å²) in [5.74, 6) is -0.106. The number of nitriles is 1. The van der Waals surface area contributed by atoms with Crippen LogP contribution in [0, 0.1) is 17.2 Å². The zero-order chi connectivity index (χ0) is 15.3. The molecular formula is C17H19NO3. The topological polar surface area (TPSA) is 59.3 Å². The summed E-state index contributed by atoms with van der Waals surface area (Å²) in [4.78, 5) is 12.6. The van der Waals surface area contributed by atoms with Gasteiger partial charge >= 0.3 is 5.97 Å². The lowest BCUT2D eigenvalue weighted by Gasteiger charge is -2.36. The summed E-state index contributed by atoms with van der Waals surface area (Å²) in [5.41, 5.74) is -0.176. The Morgan fingerprint density at radius 2 is 2.29 bits per heavy atom. The lowest BCUT2D eigenvalue weighted by atomic mass is 9.65. The Hall–Kier alpha value is -2.28. The quantitative estimate of drug-likeness (QED) is 0.630. The summed E-state index contributed by atoms with van der Waals surface area (Å²) in [6.07, 6.45) is 4.92. The van der Waals surface area contributed by atoms with Crippen LogP contribution in [0.25, 0.3) is 0 Å². The molecule has 2 unspecified atom stereocenters. The molecule has 21 heavy (non-hydrogen) atoms. The zero-order valence-electron chi connectivity index (χ0n) is 12.3. The molecule has 1 aromatic rings. The van der Waals surface area contributed by atoms with Gasteiger partial charge in [-0.3, -0.25) is 4.79 Å². The van der Waals surface area contributed by atoms with Crippen molar-refractivity contribution in [3.05, 3.63) is 42.0 Å². The first-order valence-corrected chi connectivity index (χ1v) is 7.05. The minimum atomic E-state index is -0.950. The molecule has 0 spiro atoms. The van der Waals surface area contributed by atoms with Crippen molar-refractivity contribution in [2.45, 2.75) is 25.2 Å². The Morgan fingerprint density at radius 3 is 2.95 bits per heavy atom. The average Bonchev–Trinajstić information content (AvgIpc) is 2.54. The summed E-state index contributed by atoms with van der Waals surface area (Å²) < 4.78 is 10.5. The molecule has 1 aliphatic carbocycles. The SMILES string of the molecule is CCOC(=O)C1(c2cccc(OC)c2)CC=CCC1C#N. The third-order valence-electron chi connectivity index (χ3n) is 3.95. The maximum atomic E-state index is 12.6. The van der Waals surface area contributed by atoms with Gasteiger partial charge in [0.05, 0.1) is 25.7 Å². The largest absolute Gasteiger partial charge is 0.497 e. The van der Waals surface area contributed by atoms with E-state index in [1.807, 2.05) is 36.4 Å². The molecule has 0 heterocycles. The van der Waals surface area contributed by atoms with E-state index in [1.54, 1.807) is 14.0 Å². The van der Waals surface area contributed by atoms with Gasteiger partial charge in [-0.25, -0.2) is 0 Å². The molecule has 0 saturated carbocycles. The molecule has 110 valence electrons. The van der Waals surface area contributed by atoms with Crippen molar-refractivity contribution in [2.75, 3.05) is 13.7 Å². The van der Waals surface area contributed by atoms with Crippen LogP contribution in [-0.4, -0.2) is 19.7 Å². The Balaban J connectivity index is 2.57. The minimum absolute atomic E-state index is 0.298. The first kappa shape index (κ1) is 15.1. The smallest absolute Gasteiger partial charge is 0.318 e. The van der Waals surface area contributed by atoms with Crippen molar-refractivity contribution in [1.29, 1.82) is 5.26 Å². The predicted molar refractivity (Wildman–Crippen MR) is 78.8 cm³/mol. The Bertz CT molecular complexity index is 588. The van der Waals surface area contributed by atoms with Crippen molar-refractivity contribution >= 4 is 5.97 Å². The number of allylic oxidation sites excluding steroid dienone is 2. The van der Waals surface area contributed by atoms with E-state index >= 15 is 0 Å². The van der Waals surface area contributed by atoms with E-state index in [0.29, 0.717) is 25.2 Å². The van der Waals surface area contributed by atoms with Gasteiger partial charge in [-0.1, -0.05) is 24.3 Å². The van der Waals surface area contributed by atoms with Crippen LogP contribution in [0.4, 0.5) is 0 Å². The van der Waals surface area contributed by atoms with E-state index in [-0.39, 0.29) is 5.97 Å². The molecular weight excluding hydrogens is 266 g/mol. The second-order valence-electron chi connectivity index (χ2n) is 5.02. The van der Waals surface area contributed by atoms with Gasteiger partial charge in [0.15, 0.2) is 0 Å². The molecule has 0 saturated heterocycles. The molecule has 0 radical (unpaired) electrons. The van der Waals surface area contributed by atoms with Crippen LogP contribution in [0.1, 0.15) is 25.3 Å². The number of hydrogen-bond acceptors (Lipinski definition) is 4. The minimum Gasteiger partial charge on any atom is -0.497 e. The standard InChI is InChI=1S/C17H19NO3/c1-3-21-16(19)17(10-5-4-7-14(17)12-18)13-8-6-9-15(11-13)20-2/h4-6,8-9,11,14H,3,7,10H2,1-2H3. The number of methoxy groups -OCH3 is 1. The summed E-state index contributed by atoms with van der Waals surface area (Å²) in [7, 11) is 1.58. The van der Waals surface area contributed by atoms with E-state index < -0.39 is 11.3 Å². The molecule has 0 aromatic heterocycles. The highest BCUT2D eigenvalue weighted by Crippen LogP contribution is 2.43. The lowest BCUT2D eigenvalue weighted by Crippen LogP contribution is -2.44. The van der Waals surface area contributed by atoms with E-state index in [4.69, 9.17) is 9.47 Å². The van der Waals surface area contributed by atoms with Gasteiger partial charge in [0.1, 0.15) is 11.2 Å². The van der Waals surface area contributed by atoms with Crippen LogP contribution in [0.3, 0.4) is 0 Å². The van der Waals surface area contributed by atoms with Crippen molar-refractivity contribution in [3.8, 4) is 11.8 Å². The zero-order valence-corrected chi connectivity index (χ0v) is 12.3. The third kappa shape index (κ3) is 2.64. The fraction of sp³-hybridized carbons (Fsp3) is 0.412. The van der Waals surface area contributed by atoms with Crippen molar-refractivity contribution in [1.82, 2.24) is 0 Å². The fourth-order valence-electron chi connectivity index (χ4n) is 2.83. The molecule has 4 heteroatoms. The van der Waals surface area contributed by atoms with Crippen molar-refractivity contribution in [2.24, 2.45) is 5.92 Å². The van der Waals surface area contributed by atoms with Crippen LogP contribution in [0.15, 0.2) is 36.4 Å². The number of carbonyl (C=O) groups excluding carboxylic acids is 1. The van der Waals surface area contributed by atoms with E-state index in [2.05, 4.69) is 6.07 Å². The van der Waals surface area contributed by atoms with Crippen molar-refractivity contribution < 1.29 is 14.3 Å². The number of hydrogen-bond donors (Lipinski definition) is 0. The van der Waals surface area contributed by atoms with Crippen LogP contribution >= 0.6 is 0 Å². The van der Waals surface area contributed by atoms with Gasteiger partial charge in [0.2, 0.25) is 0 Å². The first-order chi connectivity index (χ1) is 10.2. The van der Waals surface area contributed by atoms with E-state index in [0.717, 1.165) is 5.56 Å². The number of esters is 1. The Morgan fingerprint density at radius 1 is 1.48 bits per heavy atom. The van der Waals surface area contributed by atoms with Crippen LogP contribution < -0.4 is 4.74 Å². The summed E-state index contributed by atoms with van der Waals surface area (Å²) in [6, 6.07) is 9.62. The van der Waals surface area contributed by atoms with Gasteiger partial charge in [0, 0.05) is 0 Å². The van der Waals surface area contributed by atoms with E-state index in [1.165, 1.54) is 0 Å². The Labute approximate surface area is 125 Å². The molecule has 2 atom stereocenters. The molecule has 2 rings (SSSR count). The molecule has 1 aliphatic rings. The third-order valence-corrected chi connectivity index (χ3v) is 3.95. The summed E-state index contributed by atoms with van der Waals surface area (Å²) in [6.45, 7) is 2.07. The number of benzene rings is 1. The summed E-state index contributed by atoms with van der Waals surface area (Å²) in [5, 5.41) is 9.51. The van der Waals surface area contributed by atoms with Crippen LogP contribution in [0.2, 0.25) is 0 Å². The molecule has 0 fully saturated rings. The van der Waals surface area contributed by atoms with Gasteiger partial charge in [-0.05, 0) is 37.5 Å². The number of carbonyl (C=O) groups is 1. The van der Waals surface area contributed by atoms with Crippen LogP contribution in [-0.2, 0) is 14.9 Å². The lowest BCUT2D eigenvalue weighted by molar-refractivity contribution is -0.152. The van der Waals surface area contributed by atoms with Gasteiger partial charge in [-0.15, -0.1) is 0 Å². The number of nitrogens with zero attached hydrogens (tertiary/aromatic N) is 1. The van der Waals surface area contributed by atoms with Crippen molar-refractivity contribution in [3.63, 3.8) is 0 Å². The predicted octanol–water partition coefficient (Wildman–Crippen LogP) is 2.99. The molecule has 0 amide bonds. The first-order valence-electron chi connectivity index (χ1n) is 7.05. The Kier molecular flexibility index (Phi) is 4.64. The molecule has 0 bridgehead atoms. The molecule has 0 aliphatic heterocycles. The van der Waals surface area contributed by atoms with Gasteiger partial charge in [0.25, 0.3) is 0 Å². The maximum Gasteiger partial charge on any atom is 0.318 e. The second-order valence-corrected chi connectivity index (χ2v) is 5.02. The summed E-state index contributed by atoms with van der Waals surface area (Å²) >= 11 is 0. The normalized spacial score (nSPS) is 24.1. The average molecular weight is 285 g/mol. The van der Waals surface area contributed by atoms with E-state index in [9.17, 15) is 10.1 Å². The molecule has 1 aromatic carbocycles. The highest BCUT2D eigenvalue weighted by molar-refractivity contribution is 5.85. The highest BCUT2D eigenvalue weighted by Gasteiger charge is 2.49. The number of ether oxygens (including phenoxy) is 2. The number of rotatable bonds is 4. The van der Waals surface area contributed by atoms with Gasteiger partial charge < -0.3 is 9.47 Å². The fourth-order valence-corrected chi connectivity index (χ4v) is 2.83. The van der Waals surface area contributed by atoms with Gasteiger partial charge in [-0.2, -0.15) is 5.26 Å².